The third-order valence-corrected chi connectivity index (χ3v) is 6.07. The quantitative estimate of drug-likeness (QED) is 0.442. The maximum Gasteiger partial charge on any atom is 0.343 e. The van der Waals surface area contributed by atoms with Gasteiger partial charge in [-0.05, 0) is 56.7 Å². The third-order valence-electron chi connectivity index (χ3n) is 4.79. The molecule has 2 N–H and O–H groups in total. The molecule has 0 radical (unpaired) electrons. The average Bonchev–Trinajstić information content (AvgIpc) is 2.89. The van der Waals surface area contributed by atoms with Gasteiger partial charge in [0, 0.05) is 12.8 Å². The van der Waals surface area contributed by atoms with Crippen molar-refractivity contribution in [2.24, 2.45) is 4.40 Å². The van der Waals surface area contributed by atoms with Crippen LogP contribution in [-0.4, -0.2) is 47.2 Å². The molecule has 0 atom stereocenters. The predicted octanol–water partition coefficient (Wildman–Crippen LogP) is 3.48. The predicted molar refractivity (Wildman–Crippen MR) is 126 cm³/mol. The first kappa shape index (κ1) is 24.3. The first-order chi connectivity index (χ1) is 15.8. The Hall–Kier alpha value is -3.37. The second kappa shape index (κ2) is 10.5. The minimum atomic E-state index is -4.17. The number of esters is 1. The van der Waals surface area contributed by atoms with Crippen molar-refractivity contribution in [3.8, 4) is 5.75 Å². The van der Waals surface area contributed by atoms with Gasteiger partial charge in [0.2, 0.25) is 0 Å². The van der Waals surface area contributed by atoms with Crippen LogP contribution in [0.4, 0.5) is 11.4 Å². The van der Waals surface area contributed by atoms with E-state index in [9.17, 15) is 13.2 Å². The number of hydrogen-bond donors (Lipinski definition) is 2. The lowest BCUT2D eigenvalue weighted by molar-refractivity contribution is -0.137. The molecular weight excluding hydrogens is 446 g/mol. The number of para-hydroxylation sites is 2. The molecule has 0 saturated carbocycles. The fourth-order valence-corrected chi connectivity index (χ4v) is 4.26. The van der Waals surface area contributed by atoms with Crippen LogP contribution < -0.4 is 15.4 Å². The van der Waals surface area contributed by atoms with Crippen LogP contribution >= 0.6 is 0 Å². The van der Waals surface area contributed by atoms with E-state index >= 15 is 0 Å². The number of benzene rings is 2. The van der Waals surface area contributed by atoms with Crippen LogP contribution in [0, 0.1) is 6.92 Å². The second-order valence-electron chi connectivity index (χ2n) is 7.20. The van der Waals surface area contributed by atoms with Crippen molar-refractivity contribution in [2.45, 2.75) is 25.7 Å². The van der Waals surface area contributed by atoms with E-state index in [1.807, 2.05) is 6.07 Å². The summed E-state index contributed by atoms with van der Waals surface area (Å²) in [6.07, 6.45) is 0. The van der Waals surface area contributed by atoms with E-state index in [2.05, 4.69) is 15.0 Å². The van der Waals surface area contributed by atoms with E-state index < -0.39 is 16.0 Å². The van der Waals surface area contributed by atoms with Crippen LogP contribution in [0.1, 0.15) is 19.4 Å². The molecule has 10 heteroatoms. The topological polar surface area (TPSA) is 115 Å². The molecule has 0 aliphatic carbocycles. The van der Waals surface area contributed by atoms with E-state index in [0.717, 1.165) is 0 Å². The van der Waals surface area contributed by atoms with Crippen LogP contribution in [-0.2, 0) is 24.3 Å². The van der Waals surface area contributed by atoms with Gasteiger partial charge in [0.25, 0.3) is 10.0 Å². The Morgan fingerprint density at radius 1 is 1.03 bits per heavy atom. The highest BCUT2D eigenvalue weighted by molar-refractivity contribution is 7.90. The fourth-order valence-electron chi connectivity index (χ4n) is 3.21. The van der Waals surface area contributed by atoms with Gasteiger partial charge in [-0.3, -0.25) is 0 Å². The van der Waals surface area contributed by atoms with Gasteiger partial charge >= 0.3 is 5.97 Å². The van der Waals surface area contributed by atoms with Crippen LogP contribution in [0.15, 0.2) is 63.0 Å². The van der Waals surface area contributed by atoms with Crippen molar-refractivity contribution in [3.63, 3.8) is 0 Å². The first-order valence-corrected chi connectivity index (χ1v) is 11.8. The molecule has 33 heavy (non-hydrogen) atoms. The number of nitrogens with zero attached hydrogens (tertiary/aromatic N) is 1. The van der Waals surface area contributed by atoms with Crippen molar-refractivity contribution in [1.82, 2.24) is 0 Å². The Labute approximate surface area is 193 Å². The molecule has 0 bridgehead atoms. The molecule has 1 heterocycles. The van der Waals surface area contributed by atoms with Gasteiger partial charge in [-0.25, -0.2) is 4.79 Å². The summed E-state index contributed by atoms with van der Waals surface area (Å²) in [4.78, 5) is 12.7. The van der Waals surface area contributed by atoms with Crippen molar-refractivity contribution in [3.05, 3.63) is 59.3 Å². The number of rotatable bonds is 8. The standard InChI is InChI=1S/C23H27N3O6S/c1-5-31-23(27)21-16(3)24-18-8-6-7-9-19(18)25-22(21)26-33(28,29)17-10-11-20(15(2)14-17)32-13-12-30-4/h6-11,14,24H,5,12-13H2,1-4H3,(H,25,26). The minimum absolute atomic E-state index is 0.00728. The van der Waals surface area contributed by atoms with Gasteiger partial charge in [0.05, 0.1) is 29.5 Å². The largest absolute Gasteiger partial charge is 0.491 e. The van der Waals surface area contributed by atoms with Crippen LogP contribution in [0.25, 0.3) is 0 Å². The van der Waals surface area contributed by atoms with Gasteiger partial charge in [-0.1, -0.05) is 12.1 Å². The van der Waals surface area contributed by atoms with Crippen molar-refractivity contribution in [2.75, 3.05) is 37.6 Å². The molecule has 0 saturated heterocycles. The van der Waals surface area contributed by atoms with Gasteiger partial charge in [0.15, 0.2) is 5.84 Å². The molecule has 2 aromatic carbocycles. The number of nitrogens with one attached hydrogen (secondary N) is 2. The summed E-state index contributed by atoms with van der Waals surface area (Å²) in [5.41, 5.74) is 2.30. The van der Waals surface area contributed by atoms with E-state index in [1.165, 1.54) is 12.1 Å². The summed E-state index contributed by atoms with van der Waals surface area (Å²) >= 11 is 0. The lowest BCUT2D eigenvalue weighted by Gasteiger charge is -2.13. The summed E-state index contributed by atoms with van der Waals surface area (Å²) < 4.78 is 46.1. The number of hydrogen-bond acceptors (Lipinski definition) is 7. The summed E-state index contributed by atoms with van der Waals surface area (Å²) in [6.45, 7) is 5.96. The van der Waals surface area contributed by atoms with Gasteiger partial charge in [-0.2, -0.15) is 8.42 Å². The zero-order valence-corrected chi connectivity index (χ0v) is 19.8. The Bertz CT molecular complexity index is 1200. The third kappa shape index (κ3) is 5.71. The molecule has 0 spiro atoms. The lowest BCUT2D eigenvalue weighted by atomic mass is 10.2. The maximum atomic E-state index is 13.2. The number of ether oxygens (including phenoxy) is 3. The maximum absolute atomic E-state index is 13.2. The minimum Gasteiger partial charge on any atom is -0.491 e. The summed E-state index contributed by atoms with van der Waals surface area (Å²) in [6, 6.07) is 11.6. The van der Waals surface area contributed by atoms with Gasteiger partial charge in [0.1, 0.15) is 17.9 Å². The highest BCUT2D eigenvalue weighted by atomic mass is 32.2. The zero-order valence-electron chi connectivity index (χ0n) is 19.0. The number of amidine groups is 1. The molecule has 2 aromatic rings. The molecule has 1 aliphatic heterocycles. The highest BCUT2D eigenvalue weighted by Crippen LogP contribution is 2.29. The average molecular weight is 474 g/mol. The Morgan fingerprint density at radius 3 is 2.36 bits per heavy atom. The molecule has 0 amide bonds. The normalized spacial score (nSPS) is 14.7. The zero-order chi connectivity index (χ0) is 24.0. The van der Waals surface area contributed by atoms with Crippen LogP contribution in [0.3, 0.4) is 0 Å². The number of carbonyl (C=O) groups excluding carboxylic acids is 1. The highest BCUT2D eigenvalue weighted by Gasteiger charge is 2.28. The Balaban J connectivity index is 2.04. The molecule has 3 rings (SSSR count). The Morgan fingerprint density at radius 2 is 1.73 bits per heavy atom. The van der Waals surface area contributed by atoms with E-state index in [-0.39, 0.29) is 22.9 Å². The van der Waals surface area contributed by atoms with Crippen LogP contribution in [0.5, 0.6) is 5.75 Å². The van der Waals surface area contributed by atoms with E-state index in [1.54, 1.807) is 52.1 Å². The second-order valence-corrected chi connectivity index (χ2v) is 8.80. The number of methoxy groups -OCH3 is 1. The fraction of sp³-hybridized carbons (Fsp3) is 0.304. The van der Waals surface area contributed by atoms with Crippen molar-refractivity contribution >= 4 is 33.2 Å². The number of aryl methyl sites for hydroxylation is 1. The summed E-state index contributed by atoms with van der Waals surface area (Å²) in [5.74, 6) is -0.261. The number of allylic oxidation sites excluding steroid dienone is 1. The molecule has 1 aliphatic rings. The molecular formula is C23H27N3O6S. The summed E-state index contributed by atoms with van der Waals surface area (Å²) in [5, 5.41) is 6.10. The monoisotopic (exact) mass is 473 g/mol. The van der Waals surface area contributed by atoms with Crippen molar-refractivity contribution < 1.29 is 27.4 Å². The molecule has 0 aromatic heterocycles. The number of sulfonamides is 1. The number of anilines is 2. The summed E-state index contributed by atoms with van der Waals surface area (Å²) in [7, 11) is -2.60. The van der Waals surface area contributed by atoms with Gasteiger partial charge < -0.3 is 24.8 Å². The molecule has 176 valence electrons. The SMILES string of the molecule is CCOC(=O)C1=C(C)Nc2ccccc2N/C1=N\S(=O)(=O)c1ccc(OCCOC)c(C)c1. The molecule has 9 nitrogen and oxygen atoms in total. The van der Waals surface area contributed by atoms with Crippen molar-refractivity contribution in [1.29, 1.82) is 0 Å². The lowest BCUT2D eigenvalue weighted by Crippen LogP contribution is -2.25. The number of fused-ring (bicyclic) bond motifs is 1. The van der Waals surface area contributed by atoms with Gasteiger partial charge in [-0.15, -0.1) is 4.40 Å². The number of carbonyl (C=O) groups is 1. The Kier molecular flexibility index (Phi) is 7.72. The van der Waals surface area contributed by atoms with Crippen LogP contribution in [0.2, 0.25) is 0 Å². The van der Waals surface area contributed by atoms with E-state index in [4.69, 9.17) is 14.2 Å². The van der Waals surface area contributed by atoms with E-state index in [0.29, 0.717) is 41.6 Å². The first-order valence-electron chi connectivity index (χ1n) is 10.4. The smallest absolute Gasteiger partial charge is 0.343 e. The molecule has 0 fully saturated rings. The molecule has 0 unspecified atom stereocenters.